The molecule has 1 atom stereocenters. The van der Waals surface area contributed by atoms with E-state index >= 15 is 0 Å². The molecule has 5 heteroatoms. The number of benzene rings is 1. The first-order valence-electron chi connectivity index (χ1n) is 6.07. The second kappa shape index (κ2) is 6.75. The van der Waals surface area contributed by atoms with Gasteiger partial charge in [0.2, 0.25) is 5.89 Å². The SMILES string of the molecule is Cc1ccc(-c2nc(CSCC(O)CO)co2)cc1. The summed E-state index contributed by atoms with van der Waals surface area (Å²) in [5.74, 6) is 1.76. The number of rotatable bonds is 6. The van der Waals surface area contributed by atoms with E-state index in [0.29, 0.717) is 17.4 Å². The Morgan fingerprint density at radius 3 is 2.74 bits per heavy atom. The molecule has 0 fully saturated rings. The number of aryl methyl sites for hydroxylation is 1. The summed E-state index contributed by atoms with van der Waals surface area (Å²) < 4.78 is 5.44. The lowest BCUT2D eigenvalue weighted by atomic mass is 10.1. The minimum Gasteiger partial charge on any atom is -0.444 e. The molecular formula is C14H17NO3S. The van der Waals surface area contributed by atoms with Crippen LogP contribution < -0.4 is 0 Å². The second-order valence-corrected chi connectivity index (χ2v) is 5.39. The minimum absolute atomic E-state index is 0.208. The summed E-state index contributed by atoms with van der Waals surface area (Å²) in [6.07, 6.45) is 0.960. The Balaban J connectivity index is 1.93. The normalized spacial score (nSPS) is 12.6. The zero-order valence-electron chi connectivity index (χ0n) is 10.7. The Morgan fingerprint density at radius 1 is 1.32 bits per heavy atom. The molecule has 1 aromatic carbocycles. The van der Waals surface area contributed by atoms with Gasteiger partial charge in [0, 0.05) is 17.1 Å². The highest BCUT2D eigenvalue weighted by Gasteiger charge is 2.08. The van der Waals surface area contributed by atoms with Crippen LogP contribution in [0.1, 0.15) is 11.3 Å². The molecule has 2 aromatic rings. The van der Waals surface area contributed by atoms with Crippen LogP contribution in [0.25, 0.3) is 11.5 Å². The van der Waals surface area contributed by atoms with Gasteiger partial charge in [0.25, 0.3) is 0 Å². The van der Waals surface area contributed by atoms with Crippen LogP contribution >= 0.6 is 11.8 Å². The summed E-state index contributed by atoms with van der Waals surface area (Å²) in [5, 5.41) is 17.9. The van der Waals surface area contributed by atoms with Crippen LogP contribution in [0.4, 0.5) is 0 Å². The molecule has 2 N–H and O–H groups in total. The van der Waals surface area contributed by atoms with Crippen molar-refractivity contribution in [1.29, 1.82) is 0 Å². The van der Waals surface area contributed by atoms with Crippen molar-refractivity contribution in [2.45, 2.75) is 18.8 Å². The Labute approximate surface area is 116 Å². The zero-order valence-corrected chi connectivity index (χ0v) is 11.6. The van der Waals surface area contributed by atoms with E-state index in [2.05, 4.69) is 4.98 Å². The van der Waals surface area contributed by atoms with Crippen LogP contribution in [0, 0.1) is 6.92 Å². The molecule has 4 nitrogen and oxygen atoms in total. The van der Waals surface area contributed by atoms with Crippen LogP contribution in [-0.4, -0.2) is 33.7 Å². The number of nitrogens with zero attached hydrogens (tertiary/aromatic N) is 1. The third-order valence-electron chi connectivity index (χ3n) is 2.62. The highest BCUT2D eigenvalue weighted by molar-refractivity contribution is 7.98. The quantitative estimate of drug-likeness (QED) is 0.849. The number of hydrogen-bond acceptors (Lipinski definition) is 5. The van der Waals surface area contributed by atoms with Gasteiger partial charge in [0.05, 0.1) is 18.4 Å². The molecule has 0 saturated carbocycles. The zero-order chi connectivity index (χ0) is 13.7. The van der Waals surface area contributed by atoms with Crippen molar-refractivity contribution >= 4 is 11.8 Å². The van der Waals surface area contributed by atoms with Gasteiger partial charge < -0.3 is 14.6 Å². The summed E-state index contributed by atoms with van der Waals surface area (Å²) >= 11 is 1.52. The number of oxazole rings is 1. The summed E-state index contributed by atoms with van der Waals surface area (Å²) in [4.78, 5) is 4.40. The summed E-state index contributed by atoms with van der Waals surface area (Å²) in [5.41, 5.74) is 2.99. The Hall–Kier alpha value is -1.30. The van der Waals surface area contributed by atoms with Crippen molar-refractivity contribution < 1.29 is 14.6 Å². The van der Waals surface area contributed by atoms with Crippen LogP contribution in [0.2, 0.25) is 0 Å². The molecule has 0 bridgehead atoms. The van der Waals surface area contributed by atoms with Gasteiger partial charge in [-0.05, 0) is 19.1 Å². The Kier molecular flexibility index (Phi) is 5.01. The molecule has 1 aromatic heterocycles. The van der Waals surface area contributed by atoms with E-state index in [1.54, 1.807) is 6.26 Å². The predicted molar refractivity (Wildman–Crippen MR) is 75.9 cm³/mol. The van der Waals surface area contributed by atoms with Gasteiger partial charge in [-0.15, -0.1) is 0 Å². The molecule has 0 radical (unpaired) electrons. The smallest absolute Gasteiger partial charge is 0.226 e. The fourth-order valence-electron chi connectivity index (χ4n) is 1.55. The lowest BCUT2D eigenvalue weighted by Crippen LogP contribution is -2.14. The van der Waals surface area contributed by atoms with E-state index in [4.69, 9.17) is 9.52 Å². The van der Waals surface area contributed by atoms with Gasteiger partial charge in [-0.25, -0.2) is 4.98 Å². The van der Waals surface area contributed by atoms with Crippen molar-refractivity contribution in [2.24, 2.45) is 0 Å². The first kappa shape index (κ1) is 14.1. The van der Waals surface area contributed by atoms with E-state index < -0.39 is 6.10 Å². The van der Waals surface area contributed by atoms with Gasteiger partial charge in [-0.1, -0.05) is 17.7 Å². The molecule has 0 saturated heterocycles. The topological polar surface area (TPSA) is 66.5 Å². The molecule has 2 rings (SSSR count). The summed E-state index contributed by atoms with van der Waals surface area (Å²) in [6, 6.07) is 8.00. The fraction of sp³-hybridized carbons (Fsp3) is 0.357. The number of thioether (sulfide) groups is 1. The fourth-order valence-corrected chi connectivity index (χ4v) is 2.39. The maximum atomic E-state index is 9.23. The average Bonchev–Trinajstić information content (AvgIpc) is 2.88. The number of aliphatic hydroxyl groups excluding tert-OH is 2. The minimum atomic E-state index is -0.673. The van der Waals surface area contributed by atoms with Gasteiger partial charge in [-0.3, -0.25) is 0 Å². The molecule has 0 spiro atoms. The van der Waals surface area contributed by atoms with Gasteiger partial charge in [0.1, 0.15) is 6.26 Å². The Morgan fingerprint density at radius 2 is 2.05 bits per heavy atom. The van der Waals surface area contributed by atoms with Gasteiger partial charge in [-0.2, -0.15) is 11.8 Å². The predicted octanol–water partition coefficient (Wildman–Crippen LogP) is 2.24. The monoisotopic (exact) mass is 279 g/mol. The van der Waals surface area contributed by atoms with Crippen molar-refractivity contribution in [3.8, 4) is 11.5 Å². The Bertz CT molecular complexity index is 510. The highest BCUT2D eigenvalue weighted by Crippen LogP contribution is 2.21. The van der Waals surface area contributed by atoms with Crippen LogP contribution in [0.3, 0.4) is 0 Å². The van der Waals surface area contributed by atoms with Crippen LogP contribution in [0.5, 0.6) is 0 Å². The van der Waals surface area contributed by atoms with Crippen molar-refractivity contribution in [1.82, 2.24) is 4.98 Å². The first-order valence-corrected chi connectivity index (χ1v) is 7.22. The molecule has 1 unspecified atom stereocenters. The molecule has 102 valence electrons. The highest BCUT2D eigenvalue weighted by atomic mass is 32.2. The average molecular weight is 279 g/mol. The first-order chi connectivity index (χ1) is 9.19. The van der Waals surface area contributed by atoms with E-state index in [-0.39, 0.29) is 6.61 Å². The molecule has 0 amide bonds. The van der Waals surface area contributed by atoms with Gasteiger partial charge in [0.15, 0.2) is 0 Å². The number of hydrogen-bond donors (Lipinski definition) is 2. The van der Waals surface area contributed by atoms with Crippen LogP contribution in [-0.2, 0) is 5.75 Å². The molecular weight excluding hydrogens is 262 g/mol. The van der Waals surface area contributed by atoms with E-state index in [0.717, 1.165) is 11.3 Å². The van der Waals surface area contributed by atoms with E-state index in [9.17, 15) is 5.11 Å². The molecule has 0 aliphatic heterocycles. The van der Waals surface area contributed by atoms with Gasteiger partial charge >= 0.3 is 0 Å². The standard InChI is InChI=1S/C14H17NO3S/c1-10-2-4-11(5-3-10)14-15-12(7-18-14)8-19-9-13(17)6-16/h2-5,7,13,16-17H,6,8-9H2,1H3. The second-order valence-electron chi connectivity index (χ2n) is 4.36. The van der Waals surface area contributed by atoms with E-state index in [1.165, 1.54) is 17.3 Å². The third kappa shape index (κ3) is 4.09. The summed E-state index contributed by atoms with van der Waals surface area (Å²) in [6.45, 7) is 1.83. The lowest BCUT2D eigenvalue weighted by molar-refractivity contribution is 0.113. The summed E-state index contributed by atoms with van der Waals surface area (Å²) in [7, 11) is 0. The molecule has 0 aliphatic carbocycles. The maximum absolute atomic E-state index is 9.23. The largest absolute Gasteiger partial charge is 0.444 e. The number of aliphatic hydroxyl groups is 2. The third-order valence-corrected chi connectivity index (χ3v) is 3.74. The van der Waals surface area contributed by atoms with Crippen molar-refractivity contribution in [3.63, 3.8) is 0 Å². The van der Waals surface area contributed by atoms with Crippen LogP contribution in [0.15, 0.2) is 34.9 Å². The lowest BCUT2D eigenvalue weighted by Gasteiger charge is -2.04. The van der Waals surface area contributed by atoms with Crippen molar-refractivity contribution in [3.05, 3.63) is 41.8 Å². The van der Waals surface area contributed by atoms with Crippen molar-refractivity contribution in [2.75, 3.05) is 12.4 Å². The number of aromatic nitrogens is 1. The molecule has 0 aliphatic rings. The molecule has 1 heterocycles. The van der Waals surface area contributed by atoms with E-state index in [1.807, 2.05) is 31.2 Å². The maximum Gasteiger partial charge on any atom is 0.226 e. The molecule has 19 heavy (non-hydrogen) atoms.